The molecular weight excluding hydrogens is 228 g/mol. The molecule has 1 aromatic carbocycles. The Morgan fingerprint density at radius 3 is 3.00 bits per heavy atom. The van der Waals surface area contributed by atoms with E-state index in [1.807, 2.05) is 30.5 Å². The van der Waals surface area contributed by atoms with Crippen LogP contribution in [0.15, 0.2) is 36.8 Å². The lowest BCUT2D eigenvalue weighted by Gasteiger charge is -2.14. The maximum Gasteiger partial charge on any atom is 0.230 e. The van der Waals surface area contributed by atoms with Crippen LogP contribution in [0.25, 0.3) is 10.9 Å². The molecule has 2 N–H and O–H groups in total. The zero-order valence-electron chi connectivity index (χ0n) is 9.71. The average molecular weight is 240 g/mol. The molecular formula is C13H12N4O. The van der Waals surface area contributed by atoms with Crippen molar-refractivity contribution in [1.82, 2.24) is 14.9 Å². The van der Waals surface area contributed by atoms with E-state index in [4.69, 9.17) is 5.73 Å². The van der Waals surface area contributed by atoms with Crippen molar-refractivity contribution in [3.8, 4) is 0 Å². The second-order valence-electron chi connectivity index (χ2n) is 4.22. The molecule has 0 fully saturated rings. The van der Waals surface area contributed by atoms with E-state index in [0.29, 0.717) is 18.8 Å². The second-order valence-corrected chi connectivity index (χ2v) is 4.22. The number of nitrogens with two attached hydrogens (primary N) is 1. The Morgan fingerprint density at radius 2 is 2.22 bits per heavy atom. The first-order valence-electron chi connectivity index (χ1n) is 5.69. The first-order chi connectivity index (χ1) is 8.74. The van der Waals surface area contributed by atoms with Gasteiger partial charge in [0.15, 0.2) is 0 Å². The molecule has 0 atom stereocenters. The number of carbonyl (C=O) groups is 1. The summed E-state index contributed by atoms with van der Waals surface area (Å²) in [7, 11) is 0. The van der Waals surface area contributed by atoms with Gasteiger partial charge >= 0.3 is 0 Å². The molecule has 0 saturated heterocycles. The number of hydrogen-bond acceptors (Lipinski definition) is 4. The van der Waals surface area contributed by atoms with Crippen molar-refractivity contribution in [2.45, 2.75) is 13.0 Å². The Kier molecular flexibility index (Phi) is 2.44. The first kappa shape index (κ1) is 10.7. The Hall–Kier alpha value is -2.43. The molecule has 1 aliphatic heterocycles. The van der Waals surface area contributed by atoms with E-state index in [2.05, 4.69) is 9.97 Å². The minimum Gasteiger partial charge on any atom is -0.383 e. The standard InChI is InChI=1S/C13H12N4O/c14-13-10-6-9(3-4-11(10)15-8-16-13)7-17-5-1-2-12(17)18/h1,3-6,8H,2,7H2,(H2,14,15,16). The van der Waals surface area contributed by atoms with Crippen LogP contribution in [0.1, 0.15) is 12.0 Å². The second kappa shape index (κ2) is 4.10. The summed E-state index contributed by atoms with van der Waals surface area (Å²) in [5, 5.41) is 0.825. The minimum atomic E-state index is 0.118. The smallest absolute Gasteiger partial charge is 0.230 e. The van der Waals surface area contributed by atoms with Crippen molar-refractivity contribution in [1.29, 1.82) is 0 Å². The van der Waals surface area contributed by atoms with Crippen LogP contribution in [0, 0.1) is 0 Å². The highest BCUT2D eigenvalue weighted by Crippen LogP contribution is 2.20. The third-order valence-electron chi connectivity index (χ3n) is 2.98. The zero-order valence-corrected chi connectivity index (χ0v) is 9.71. The average Bonchev–Trinajstić information content (AvgIpc) is 2.76. The van der Waals surface area contributed by atoms with E-state index in [1.165, 1.54) is 6.33 Å². The molecule has 18 heavy (non-hydrogen) atoms. The van der Waals surface area contributed by atoms with Crippen molar-refractivity contribution in [3.05, 3.63) is 42.4 Å². The fourth-order valence-electron chi connectivity index (χ4n) is 2.04. The van der Waals surface area contributed by atoms with Crippen LogP contribution in [0.3, 0.4) is 0 Å². The molecule has 5 nitrogen and oxygen atoms in total. The van der Waals surface area contributed by atoms with E-state index in [1.54, 1.807) is 4.90 Å². The normalized spacial score (nSPS) is 14.7. The molecule has 0 saturated carbocycles. The van der Waals surface area contributed by atoms with Crippen LogP contribution in [-0.4, -0.2) is 20.8 Å². The molecule has 2 aromatic rings. The van der Waals surface area contributed by atoms with Crippen LogP contribution in [0.5, 0.6) is 0 Å². The van der Waals surface area contributed by atoms with Crippen molar-refractivity contribution in [2.75, 3.05) is 5.73 Å². The summed E-state index contributed by atoms with van der Waals surface area (Å²) in [4.78, 5) is 21.3. The van der Waals surface area contributed by atoms with Gasteiger partial charge in [-0.2, -0.15) is 0 Å². The maximum absolute atomic E-state index is 11.5. The van der Waals surface area contributed by atoms with Gasteiger partial charge in [-0.05, 0) is 17.7 Å². The van der Waals surface area contributed by atoms with Crippen molar-refractivity contribution < 1.29 is 4.79 Å². The Balaban J connectivity index is 1.96. The van der Waals surface area contributed by atoms with Crippen molar-refractivity contribution in [3.63, 3.8) is 0 Å². The van der Waals surface area contributed by atoms with Crippen LogP contribution in [0.2, 0.25) is 0 Å². The van der Waals surface area contributed by atoms with Gasteiger partial charge < -0.3 is 10.6 Å². The number of amides is 1. The number of hydrogen-bond donors (Lipinski definition) is 1. The molecule has 90 valence electrons. The van der Waals surface area contributed by atoms with Crippen LogP contribution < -0.4 is 5.73 Å². The highest BCUT2D eigenvalue weighted by molar-refractivity contribution is 5.88. The Bertz CT molecular complexity index is 650. The van der Waals surface area contributed by atoms with Crippen molar-refractivity contribution >= 4 is 22.6 Å². The zero-order chi connectivity index (χ0) is 12.5. The van der Waals surface area contributed by atoms with E-state index in [0.717, 1.165) is 16.5 Å². The Labute approximate surface area is 104 Å². The quantitative estimate of drug-likeness (QED) is 0.862. The SMILES string of the molecule is Nc1ncnc2ccc(CN3C=CCC3=O)cc12. The van der Waals surface area contributed by atoms with E-state index in [-0.39, 0.29) is 5.91 Å². The van der Waals surface area contributed by atoms with Gasteiger partial charge in [-0.1, -0.05) is 12.1 Å². The largest absolute Gasteiger partial charge is 0.383 e. The van der Waals surface area contributed by atoms with Gasteiger partial charge in [-0.25, -0.2) is 9.97 Å². The molecule has 0 unspecified atom stereocenters. The molecule has 2 heterocycles. The molecule has 0 spiro atoms. The molecule has 1 aromatic heterocycles. The molecule has 0 aliphatic carbocycles. The summed E-state index contributed by atoms with van der Waals surface area (Å²) < 4.78 is 0. The third kappa shape index (κ3) is 1.79. The van der Waals surface area contributed by atoms with Gasteiger partial charge in [0.05, 0.1) is 12.1 Å². The lowest BCUT2D eigenvalue weighted by molar-refractivity contribution is -0.127. The molecule has 1 amide bonds. The summed E-state index contributed by atoms with van der Waals surface area (Å²) in [6, 6.07) is 5.78. The molecule has 0 radical (unpaired) electrons. The lowest BCUT2D eigenvalue weighted by atomic mass is 10.1. The maximum atomic E-state index is 11.5. The fraction of sp³-hybridized carbons (Fsp3) is 0.154. The van der Waals surface area contributed by atoms with E-state index >= 15 is 0 Å². The number of nitrogens with zero attached hydrogens (tertiary/aromatic N) is 3. The highest BCUT2D eigenvalue weighted by Gasteiger charge is 2.15. The van der Waals surface area contributed by atoms with E-state index < -0.39 is 0 Å². The number of nitrogen functional groups attached to an aromatic ring is 1. The Morgan fingerprint density at radius 1 is 1.33 bits per heavy atom. The number of aromatic nitrogens is 2. The lowest BCUT2D eigenvalue weighted by Crippen LogP contribution is -2.20. The topological polar surface area (TPSA) is 72.1 Å². The van der Waals surface area contributed by atoms with Gasteiger partial charge in [-0.3, -0.25) is 4.79 Å². The number of carbonyl (C=O) groups excluding carboxylic acids is 1. The van der Waals surface area contributed by atoms with Gasteiger partial charge in [0, 0.05) is 18.0 Å². The molecule has 1 aliphatic rings. The highest BCUT2D eigenvalue weighted by atomic mass is 16.2. The van der Waals surface area contributed by atoms with E-state index in [9.17, 15) is 4.79 Å². The predicted octanol–water partition coefficient (Wildman–Crippen LogP) is 1.46. The summed E-state index contributed by atoms with van der Waals surface area (Å²) in [6.45, 7) is 0.555. The molecule has 3 rings (SSSR count). The summed E-state index contributed by atoms with van der Waals surface area (Å²) in [5.74, 6) is 0.581. The van der Waals surface area contributed by atoms with Gasteiger partial charge in [0.2, 0.25) is 5.91 Å². The number of anilines is 1. The first-order valence-corrected chi connectivity index (χ1v) is 5.69. The van der Waals surface area contributed by atoms with Crippen LogP contribution >= 0.6 is 0 Å². The van der Waals surface area contributed by atoms with Crippen LogP contribution in [-0.2, 0) is 11.3 Å². The molecule has 0 bridgehead atoms. The van der Waals surface area contributed by atoms with Crippen LogP contribution in [0.4, 0.5) is 5.82 Å². The number of rotatable bonds is 2. The fourth-order valence-corrected chi connectivity index (χ4v) is 2.04. The predicted molar refractivity (Wildman–Crippen MR) is 68.3 cm³/mol. The summed E-state index contributed by atoms with van der Waals surface area (Å²) >= 11 is 0. The summed E-state index contributed by atoms with van der Waals surface area (Å²) in [6.07, 6.45) is 5.61. The monoisotopic (exact) mass is 240 g/mol. The van der Waals surface area contributed by atoms with Gasteiger partial charge in [-0.15, -0.1) is 0 Å². The third-order valence-corrected chi connectivity index (χ3v) is 2.98. The minimum absolute atomic E-state index is 0.118. The number of fused-ring (bicyclic) bond motifs is 1. The number of benzene rings is 1. The van der Waals surface area contributed by atoms with Crippen molar-refractivity contribution in [2.24, 2.45) is 0 Å². The molecule has 5 heteroatoms. The van der Waals surface area contributed by atoms with Gasteiger partial charge in [0.25, 0.3) is 0 Å². The summed E-state index contributed by atoms with van der Waals surface area (Å²) in [5.41, 5.74) is 7.65. The van der Waals surface area contributed by atoms with Gasteiger partial charge in [0.1, 0.15) is 12.1 Å².